The van der Waals surface area contributed by atoms with Gasteiger partial charge in [-0.3, -0.25) is 4.79 Å². The molecule has 2 aromatic rings. The van der Waals surface area contributed by atoms with Gasteiger partial charge in [-0.15, -0.1) is 0 Å². The lowest BCUT2D eigenvalue weighted by atomic mass is 10.1. The van der Waals surface area contributed by atoms with Crippen LogP contribution in [0, 0.1) is 5.82 Å². The number of hydrogen-bond donors (Lipinski definition) is 0. The molecular formula is C16H14BrFO3. The monoisotopic (exact) mass is 352 g/mol. The Bertz CT molecular complexity index is 671. The summed E-state index contributed by atoms with van der Waals surface area (Å²) in [7, 11) is 1.49. The fourth-order valence-electron chi connectivity index (χ4n) is 1.85. The Morgan fingerprint density at radius 2 is 2.00 bits per heavy atom. The molecule has 0 saturated heterocycles. The highest BCUT2D eigenvalue weighted by Crippen LogP contribution is 2.26. The maximum atomic E-state index is 13.7. The number of methoxy groups -OCH3 is 1. The van der Waals surface area contributed by atoms with E-state index in [4.69, 9.17) is 9.47 Å². The molecule has 0 unspecified atom stereocenters. The largest absolute Gasteiger partial charge is 0.496 e. The van der Waals surface area contributed by atoms with Gasteiger partial charge in [-0.25, -0.2) is 4.39 Å². The normalized spacial score (nSPS) is 10.3. The van der Waals surface area contributed by atoms with Crippen LogP contribution in [-0.2, 0) is 6.61 Å². The summed E-state index contributed by atoms with van der Waals surface area (Å²) in [6.07, 6.45) is 0. The molecule has 2 rings (SSSR count). The molecular weight excluding hydrogens is 339 g/mol. The van der Waals surface area contributed by atoms with Crippen molar-refractivity contribution in [1.82, 2.24) is 0 Å². The van der Waals surface area contributed by atoms with Gasteiger partial charge in [-0.05, 0) is 31.2 Å². The van der Waals surface area contributed by atoms with E-state index in [0.29, 0.717) is 27.1 Å². The number of ketones is 1. The zero-order chi connectivity index (χ0) is 15.4. The molecule has 0 radical (unpaired) electrons. The van der Waals surface area contributed by atoms with Gasteiger partial charge in [-0.2, -0.15) is 0 Å². The van der Waals surface area contributed by atoms with Crippen molar-refractivity contribution >= 4 is 21.7 Å². The van der Waals surface area contributed by atoms with E-state index < -0.39 is 0 Å². The Hall–Kier alpha value is -1.88. The van der Waals surface area contributed by atoms with Crippen LogP contribution < -0.4 is 9.47 Å². The fourth-order valence-corrected chi connectivity index (χ4v) is 2.19. The molecule has 0 aliphatic heterocycles. The van der Waals surface area contributed by atoms with Gasteiger partial charge in [0, 0.05) is 16.1 Å². The molecule has 3 nitrogen and oxygen atoms in total. The maximum Gasteiger partial charge on any atom is 0.163 e. The van der Waals surface area contributed by atoms with Crippen LogP contribution in [-0.4, -0.2) is 12.9 Å². The summed E-state index contributed by atoms with van der Waals surface area (Å²) in [4.78, 5) is 11.4. The summed E-state index contributed by atoms with van der Waals surface area (Å²) in [5.41, 5.74) is 0.937. The summed E-state index contributed by atoms with van der Waals surface area (Å²) in [5, 5.41) is 0. The van der Waals surface area contributed by atoms with Crippen LogP contribution in [0.5, 0.6) is 11.5 Å². The lowest BCUT2D eigenvalue weighted by Crippen LogP contribution is -2.01. The van der Waals surface area contributed by atoms with E-state index in [1.54, 1.807) is 30.3 Å². The maximum absolute atomic E-state index is 13.7. The molecule has 0 aromatic heterocycles. The Labute approximate surface area is 130 Å². The number of rotatable bonds is 5. The van der Waals surface area contributed by atoms with Gasteiger partial charge < -0.3 is 9.47 Å². The minimum Gasteiger partial charge on any atom is -0.496 e. The van der Waals surface area contributed by atoms with Crippen molar-refractivity contribution in [2.75, 3.05) is 7.11 Å². The Kier molecular flexibility index (Phi) is 4.96. The molecule has 21 heavy (non-hydrogen) atoms. The summed E-state index contributed by atoms with van der Waals surface area (Å²) < 4.78 is 25.1. The number of halogens is 2. The molecule has 0 atom stereocenters. The molecule has 2 aromatic carbocycles. The average molecular weight is 353 g/mol. The molecule has 0 aliphatic carbocycles. The van der Waals surface area contributed by atoms with Crippen molar-refractivity contribution in [3.05, 3.63) is 57.8 Å². The first-order chi connectivity index (χ1) is 10.0. The first-order valence-corrected chi connectivity index (χ1v) is 7.06. The zero-order valence-electron chi connectivity index (χ0n) is 11.7. The molecule has 0 aliphatic rings. The Morgan fingerprint density at radius 1 is 1.24 bits per heavy atom. The number of carbonyl (C=O) groups excluding carboxylic acids is 1. The molecule has 110 valence electrons. The van der Waals surface area contributed by atoms with Crippen LogP contribution in [0.3, 0.4) is 0 Å². The minimum absolute atomic E-state index is 0.0858. The smallest absolute Gasteiger partial charge is 0.163 e. The summed E-state index contributed by atoms with van der Waals surface area (Å²) in [6.45, 7) is 1.57. The van der Waals surface area contributed by atoms with Crippen molar-refractivity contribution in [1.29, 1.82) is 0 Å². The lowest BCUT2D eigenvalue weighted by Gasteiger charge is -2.11. The van der Waals surface area contributed by atoms with Crippen LogP contribution >= 0.6 is 15.9 Å². The van der Waals surface area contributed by atoms with Gasteiger partial charge >= 0.3 is 0 Å². The first-order valence-electron chi connectivity index (χ1n) is 6.27. The van der Waals surface area contributed by atoms with Crippen molar-refractivity contribution in [2.45, 2.75) is 13.5 Å². The fraction of sp³-hybridized carbons (Fsp3) is 0.188. The van der Waals surface area contributed by atoms with E-state index in [-0.39, 0.29) is 18.2 Å². The molecule has 0 N–H and O–H groups in total. The Balaban J connectivity index is 2.15. The number of carbonyl (C=O) groups is 1. The van der Waals surface area contributed by atoms with E-state index in [1.165, 1.54) is 20.1 Å². The predicted octanol–water partition coefficient (Wildman–Crippen LogP) is 4.38. The van der Waals surface area contributed by atoms with E-state index >= 15 is 0 Å². The van der Waals surface area contributed by atoms with E-state index in [1.807, 2.05) is 0 Å². The molecule has 5 heteroatoms. The zero-order valence-corrected chi connectivity index (χ0v) is 13.2. The highest BCUT2D eigenvalue weighted by atomic mass is 79.9. The second-order valence-corrected chi connectivity index (χ2v) is 5.36. The second-order valence-electron chi connectivity index (χ2n) is 4.44. The lowest BCUT2D eigenvalue weighted by molar-refractivity contribution is 0.101. The third-order valence-electron chi connectivity index (χ3n) is 2.96. The summed E-state index contributed by atoms with van der Waals surface area (Å²) >= 11 is 3.20. The first kappa shape index (κ1) is 15.5. The van der Waals surface area contributed by atoms with Crippen molar-refractivity contribution < 1.29 is 18.7 Å². The minimum atomic E-state index is -0.336. The number of benzene rings is 2. The van der Waals surface area contributed by atoms with Crippen LogP contribution in [0.4, 0.5) is 4.39 Å². The number of hydrogen-bond acceptors (Lipinski definition) is 3. The number of ether oxygens (including phenoxy) is 2. The molecule has 0 fully saturated rings. The molecule has 0 amide bonds. The highest BCUT2D eigenvalue weighted by Gasteiger charge is 2.10. The topological polar surface area (TPSA) is 35.5 Å². The van der Waals surface area contributed by atoms with Gasteiger partial charge in [0.1, 0.15) is 23.9 Å². The van der Waals surface area contributed by atoms with E-state index in [0.717, 1.165) is 0 Å². The third kappa shape index (κ3) is 3.82. The van der Waals surface area contributed by atoms with Crippen LogP contribution in [0.15, 0.2) is 40.9 Å². The molecule has 0 spiro atoms. The van der Waals surface area contributed by atoms with Gasteiger partial charge in [0.25, 0.3) is 0 Å². The predicted molar refractivity (Wildman–Crippen MR) is 81.4 cm³/mol. The van der Waals surface area contributed by atoms with Gasteiger partial charge in [0.2, 0.25) is 0 Å². The Morgan fingerprint density at radius 3 is 2.62 bits per heavy atom. The third-order valence-corrected chi connectivity index (χ3v) is 3.45. The second kappa shape index (κ2) is 6.72. The van der Waals surface area contributed by atoms with Crippen LogP contribution in [0.1, 0.15) is 22.8 Å². The molecule has 0 bridgehead atoms. The van der Waals surface area contributed by atoms with Crippen LogP contribution in [0.25, 0.3) is 0 Å². The molecule has 0 heterocycles. The van der Waals surface area contributed by atoms with Crippen molar-refractivity contribution in [2.24, 2.45) is 0 Å². The van der Waals surface area contributed by atoms with E-state index in [2.05, 4.69) is 15.9 Å². The van der Waals surface area contributed by atoms with Crippen LogP contribution in [0.2, 0.25) is 0 Å². The summed E-state index contributed by atoms with van der Waals surface area (Å²) in [5.74, 6) is 0.532. The standard InChI is InChI=1S/C16H14BrFO3/c1-10(19)14-6-5-13(8-16(14)20-2)21-9-11-3-4-12(17)7-15(11)18/h3-8H,9H2,1-2H3. The molecule has 0 saturated carbocycles. The van der Waals surface area contributed by atoms with E-state index in [9.17, 15) is 9.18 Å². The summed E-state index contributed by atoms with van der Waals surface area (Å²) in [6, 6.07) is 9.71. The van der Waals surface area contributed by atoms with Gasteiger partial charge in [0.15, 0.2) is 5.78 Å². The van der Waals surface area contributed by atoms with Crippen molar-refractivity contribution in [3.8, 4) is 11.5 Å². The highest BCUT2D eigenvalue weighted by molar-refractivity contribution is 9.10. The average Bonchev–Trinajstić information content (AvgIpc) is 2.45. The number of Topliss-reactive ketones (excluding diaryl/α,β-unsaturated/α-hetero) is 1. The van der Waals surface area contributed by atoms with Crippen molar-refractivity contribution in [3.63, 3.8) is 0 Å². The van der Waals surface area contributed by atoms with Gasteiger partial charge in [-0.1, -0.05) is 22.0 Å². The quantitative estimate of drug-likeness (QED) is 0.749. The van der Waals surface area contributed by atoms with Gasteiger partial charge in [0.05, 0.1) is 12.7 Å². The SMILES string of the molecule is COc1cc(OCc2ccc(Br)cc2F)ccc1C(C)=O.